The number of hydrogen-bond acceptors (Lipinski definition) is 2. The molecule has 0 heterocycles. The number of rotatable bonds is 7. The van der Waals surface area contributed by atoms with E-state index in [0.29, 0.717) is 6.04 Å². The molecule has 0 bridgehead atoms. The molecule has 0 saturated carbocycles. The summed E-state index contributed by atoms with van der Waals surface area (Å²) in [4.78, 5) is 2.33. The second-order valence-corrected chi connectivity index (χ2v) is 4.55. The summed E-state index contributed by atoms with van der Waals surface area (Å²) in [5.74, 6) is 0. The molecule has 0 amide bonds. The third-order valence-electron chi connectivity index (χ3n) is 2.83. The number of nitrogens with two attached hydrogens (primary N) is 1. The molecule has 0 spiro atoms. The van der Waals surface area contributed by atoms with Crippen molar-refractivity contribution in [3.63, 3.8) is 0 Å². The minimum absolute atomic E-state index is 0.325. The predicted octanol–water partition coefficient (Wildman–Crippen LogP) is 2.29. The average molecular weight is 220 g/mol. The fourth-order valence-corrected chi connectivity index (χ4v) is 1.92. The molecule has 90 valence electrons. The summed E-state index contributed by atoms with van der Waals surface area (Å²) in [7, 11) is 2.15. The first kappa shape index (κ1) is 13.2. The second-order valence-electron chi connectivity index (χ2n) is 4.55. The van der Waals surface area contributed by atoms with E-state index in [1.54, 1.807) is 0 Å². The molecule has 1 atom stereocenters. The Morgan fingerprint density at radius 2 is 1.94 bits per heavy atom. The van der Waals surface area contributed by atoms with Crippen LogP contribution in [0.1, 0.15) is 25.3 Å². The van der Waals surface area contributed by atoms with Crippen LogP contribution in [0.2, 0.25) is 0 Å². The highest BCUT2D eigenvalue weighted by molar-refractivity contribution is 5.14. The summed E-state index contributed by atoms with van der Waals surface area (Å²) in [5, 5.41) is 0. The predicted molar refractivity (Wildman–Crippen MR) is 70.5 cm³/mol. The first-order valence-electron chi connectivity index (χ1n) is 6.20. The number of likely N-dealkylation sites (N-methyl/N-ethyl adjacent to an activating group) is 1. The van der Waals surface area contributed by atoms with Gasteiger partial charge in [0.25, 0.3) is 0 Å². The fraction of sp³-hybridized carbons (Fsp3) is 0.571. The summed E-state index contributed by atoms with van der Waals surface area (Å²) in [6.07, 6.45) is 3.40. The lowest BCUT2D eigenvalue weighted by atomic mass is 10.1. The average Bonchev–Trinajstić information content (AvgIpc) is 2.28. The van der Waals surface area contributed by atoms with E-state index in [-0.39, 0.29) is 0 Å². The Bertz CT molecular complexity index is 271. The molecule has 16 heavy (non-hydrogen) atoms. The highest BCUT2D eigenvalue weighted by Crippen LogP contribution is 2.02. The van der Waals surface area contributed by atoms with Crippen LogP contribution in [0.5, 0.6) is 0 Å². The third kappa shape index (κ3) is 5.29. The van der Waals surface area contributed by atoms with Crippen molar-refractivity contribution in [3.05, 3.63) is 35.9 Å². The maximum Gasteiger partial charge on any atom is 0.0167 e. The Labute approximate surface area is 99.5 Å². The van der Waals surface area contributed by atoms with E-state index in [9.17, 15) is 0 Å². The van der Waals surface area contributed by atoms with Gasteiger partial charge in [0, 0.05) is 19.1 Å². The SMILES string of the molecule is CCCC(N)CN(C)CCc1ccccc1. The van der Waals surface area contributed by atoms with Crippen molar-refractivity contribution in [2.75, 3.05) is 20.1 Å². The van der Waals surface area contributed by atoms with Crippen molar-refractivity contribution < 1.29 is 0 Å². The van der Waals surface area contributed by atoms with Gasteiger partial charge in [0.05, 0.1) is 0 Å². The molecule has 1 aromatic carbocycles. The van der Waals surface area contributed by atoms with Crippen molar-refractivity contribution in [1.82, 2.24) is 4.90 Å². The third-order valence-corrected chi connectivity index (χ3v) is 2.83. The fourth-order valence-electron chi connectivity index (χ4n) is 1.92. The normalized spacial score (nSPS) is 13.0. The van der Waals surface area contributed by atoms with Gasteiger partial charge < -0.3 is 10.6 Å². The number of nitrogens with zero attached hydrogens (tertiary/aromatic N) is 1. The number of benzene rings is 1. The van der Waals surface area contributed by atoms with Crippen molar-refractivity contribution >= 4 is 0 Å². The van der Waals surface area contributed by atoms with Crippen molar-refractivity contribution in [2.45, 2.75) is 32.2 Å². The highest BCUT2D eigenvalue weighted by Gasteiger charge is 2.05. The van der Waals surface area contributed by atoms with Gasteiger partial charge >= 0.3 is 0 Å². The molecule has 2 nitrogen and oxygen atoms in total. The minimum Gasteiger partial charge on any atom is -0.327 e. The van der Waals surface area contributed by atoms with Crippen LogP contribution < -0.4 is 5.73 Å². The van der Waals surface area contributed by atoms with Gasteiger partial charge in [0.15, 0.2) is 0 Å². The Morgan fingerprint density at radius 1 is 1.25 bits per heavy atom. The lowest BCUT2D eigenvalue weighted by Crippen LogP contribution is -2.36. The molecule has 2 heteroatoms. The zero-order valence-electron chi connectivity index (χ0n) is 10.5. The maximum absolute atomic E-state index is 6.01. The molecule has 0 aliphatic heterocycles. The minimum atomic E-state index is 0.325. The topological polar surface area (TPSA) is 29.3 Å². The van der Waals surface area contributed by atoms with Gasteiger partial charge in [-0.1, -0.05) is 43.7 Å². The number of hydrogen-bond donors (Lipinski definition) is 1. The second kappa shape index (κ2) is 7.42. The van der Waals surface area contributed by atoms with E-state index < -0.39 is 0 Å². The Kier molecular flexibility index (Phi) is 6.12. The molecule has 1 aromatic rings. The quantitative estimate of drug-likeness (QED) is 0.764. The monoisotopic (exact) mass is 220 g/mol. The van der Waals surface area contributed by atoms with Crippen LogP contribution in [0.25, 0.3) is 0 Å². The van der Waals surface area contributed by atoms with Gasteiger partial charge in [-0.25, -0.2) is 0 Å². The summed E-state index contributed by atoms with van der Waals surface area (Å²) < 4.78 is 0. The molecular weight excluding hydrogens is 196 g/mol. The van der Waals surface area contributed by atoms with Gasteiger partial charge in [-0.3, -0.25) is 0 Å². The van der Waals surface area contributed by atoms with E-state index in [1.165, 1.54) is 12.0 Å². The van der Waals surface area contributed by atoms with Crippen LogP contribution in [0.15, 0.2) is 30.3 Å². The Morgan fingerprint density at radius 3 is 2.56 bits per heavy atom. The van der Waals surface area contributed by atoms with E-state index in [1.807, 2.05) is 0 Å². The van der Waals surface area contributed by atoms with Crippen molar-refractivity contribution in [3.8, 4) is 0 Å². The van der Waals surface area contributed by atoms with Gasteiger partial charge in [0.1, 0.15) is 0 Å². The molecule has 0 saturated heterocycles. The van der Waals surface area contributed by atoms with Gasteiger partial charge in [0.2, 0.25) is 0 Å². The summed E-state index contributed by atoms with van der Waals surface area (Å²) in [5.41, 5.74) is 7.41. The summed E-state index contributed by atoms with van der Waals surface area (Å²) >= 11 is 0. The summed E-state index contributed by atoms with van der Waals surface area (Å²) in [6.45, 7) is 4.27. The lowest BCUT2D eigenvalue weighted by molar-refractivity contribution is 0.307. The maximum atomic E-state index is 6.01. The van der Waals surface area contributed by atoms with E-state index >= 15 is 0 Å². The molecule has 2 N–H and O–H groups in total. The Balaban J connectivity index is 2.22. The molecular formula is C14H24N2. The molecule has 0 radical (unpaired) electrons. The van der Waals surface area contributed by atoms with E-state index in [2.05, 4.69) is 49.2 Å². The van der Waals surface area contributed by atoms with Gasteiger partial charge in [-0.15, -0.1) is 0 Å². The molecule has 0 aliphatic rings. The van der Waals surface area contributed by atoms with Crippen LogP contribution in [-0.4, -0.2) is 31.1 Å². The van der Waals surface area contributed by atoms with Crippen LogP contribution in [-0.2, 0) is 6.42 Å². The van der Waals surface area contributed by atoms with E-state index in [4.69, 9.17) is 5.73 Å². The highest BCUT2D eigenvalue weighted by atomic mass is 15.1. The van der Waals surface area contributed by atoms with Crippen LogP contribution >= 0.6 is 0 Å². The van der Waals surface area contributed by atoms with Crippen LogP contribution in [0.3, 0.4) is 0 Å². The van der Waals surface area contributed by atoms with Crippen LogP contribution in [0, 0.1) is 0 Å². The first-order chi connectivity index (χ1) is 7.72. The zero-order valence-corrected chi connectivity index (χ0v) is 10.5. The zero-order chi connectivity index (χ0) is 11.8. The van der Waals surface area contributed by atoms with E-state index in [0.717, 1.165) is 25.9 Å². The summed E-state index contributed by atoms with van der Waals surface area (Å²) in [6, 6.07) is 10.9. The lowest BCUT2D eigenvalue weighted by Gasteiger charge is -2.20. The molecule has 0 fully saturated rings. The van der Waals surface area contributed by atoms with Crippen LogP contribution in [0.4, 0.5) is 0 Å². The Hall–Kier alpha value is -0.860. The first-order valence-corrected chi connectivity index (χ1v) is 6.20. The van der Waals surface area contributed by atoms with Gasteiger partial charge in [-0.2, -0.15) is 0 Å². The molecule has 0 aromatic heterocycles. The largest absolute Gasteiger partial charge is 0.327 e. The standard InChI is InChI=1S/C14H24N2/c1-3-7-14(15)12-16(2)11-10-13-8-5-4-6-9-13/h4-6,8-9,14H,3,7,10-12,15H2,1-2H3. The van der Waals surface area contributed by atoms with Crippen molar-refractivity contribution in [2.24, 2.45) is 5.73 Å². The van der Waals surface area contributed by atoms with Gasteiger partial charge in [-0.05, 0) is 25.5 Å². The molecule has 0 aliphatic carbocycles. The van der Waals surface area contributed by atoms with Crippen molar-refractivity contribution in [1.29, 1.82) is 0 Å². The molecule has 1 rings (SSSR count). The molecule has 1 unspecified atom stereocenters. The smallest absolute Gasteiger partial charge is 0.0167 e.